The van der Waals surface area contributed by atoms with E-state index in [2.05, 4.69) is 6.07 Å². The molecule has 30 heavy (non-hydrogen) atoms. The number of rotatable bonds is 1. The fourth-order valence-corrected chi connectivity index (χ4v) is 4.96. The molecular formula is C23H20N2O5. The van der Waals surface area contributed by atoms with Crippen LogP contribution < -0.4 is 10.3 Å². The topological polar surface area (TPSA) is 90.7 Å². The predicted octanol–water partition coefficient (Wildman–Crippen LogP) is 2.40. The first kappa shape index (κ1) is 17.7. The molecule has 3 aliphatic heterocycles. The van der Waals surface area contributed by atoms with Gasteiger partial charge in [-0.3, -0.25) is 4.79 Å². The number of hydrogen-bond acceptors (Lipinski definition) is 6. The lowest BCUT2D eigenvalue weighted by Crippen LogP contribution is -2.44. The molecule has 7 heteroatoms. The normalized spacial score (nSPS) is 23.4. The summed E-state index contributed by atoms with van der Waals surface area (Å²) in [5.74, 6) is 0.180. The highest BCUT2D eigenvalue weighted by Crippen LogP contribution is 2.41. The van der Waals surface area contributed by atoms with Crippen molar-refractivity contribution in [1.29, 1.82) is 0 Å². The Morgan fingerprint density at radius 1 is 1.27 bits per heavy atom. The minimum atomic E-state index is -1.81. The van der Waals surface area contributed by atoms with Crippen molar-refractivity contribution in [3.63, 3.8) is 0 Å². The van der Waals surface area contributed by atoms with Crippen molar-refractivity contribution in [3.8, 4) is 17.1 Å². The number of carbonyl (C=O) groups is 1. The lowest BCUT2D eigenvalue weighted by atomic mass is 9.86. The minimum absolute atomic E-state index is 0.121. The van der Waals surface area contributed by atoms with Crippen molar-refractivity contribution >= 4 is 16.9 Å². The molecule has 2 aromatic heterocycles. The predicted molar refractivity (Wildman–Crippen MR) is 108 cm³/mol. The third-order valence-corrected chi connectivity index (χ3v) is 6.58. The average Bonchev–Trinajstić information content (AvgIpc) is 3.29. The number of fused-ring (bicyclic) bond motifs is 7. The highest BCUT2D eigenvalue weighted by molar-refractivity contribution is 5.89. The first-order valence-corrected chi connectivity index (χ1v) is 10.2. The third kappa shape index (κ3) is 2.10. The van der Waals surface area contributed by atoms with Gasteiger partial charge in [-0.2, -0.15) is 0 Å². The quantitative estimate of drug-likeness (QED) is 0.490. The van der Waals surface area contributed by atoms with Gasteiger partial charge in [-0.15, -0.1) is 0 Å². The van der Waals surface area contributed by atoms with Gasteiger partial charge in [0.15, 0.2) is 5.60 Å². The maximum Gasteiger partial charge on any atom is 0.343 e. The second-order valence-electron chi connectivity index (χ2n) is 8.34. The first-order chi connectivity index (χ1) is 14.4. The van der Waals surface area contributed by atoms with Crippen LogP contribution in [-0.2, 0) is 34.7 Å². The van der Waals surface area contributed by atoms with Gasteiger partial charge in [-0.05, 0) is 37.6 Å². The van der Waals surface area contributed by atoms with Gasteiger partial charge in [0.25, 0.3) is 5.56 Å². The number of nitrogens with zero attached hydrogens (tertiary/aromatic N) is 2. The average molecular weight is 404 g/mol. The number of cyclic esters (lactones) is 1. The molecule has 0 bridgehead atoms. The number of esters is 1. The number of hydrogen-bond donors (Lipinski definition) is 1. The van der Waals surface area contributed by atoms with Crippen LogP contribution in [0.4, 0.5) is 0 Å². The minimum Gasteiger partial charge on any atom is -0.490 e. The number of pyridine rings is 2. The molecule has 3 aliphatic rings. The molecule has 1 N–H and O–H groups in total. The molecule has 152 valence electrons. The molecule has 7 nitrogen and oxygen atoms in total. The standard InChI is InChI=1S/C23H20N2O5/c1-3-23(28)16-8-18-20-12(9-25(18)21(26)15(16)10-29-22(23)27)7-13-14-6-11(2)30-19(14)5-4-17(13)24-20/h4-5,7-8,11,28H,3,6,9-10H2,1-2H3/t11?,23-/m0/s1. The second-order valence-corrected chi connectivity index (χ2v) is 8.34. The summed E-state index contributed by atoms with van der Waals surface area (Å²) in [5.41, 5.74) is 2.90. The van der Waals surface area contributed by atoms with Crippen LogP contribution in [0.15, 0.2) is 29.1 Å². The highest BCUT2D eigenvalue weighted by Gasteiger charge is 2.45. The summed E-state index contributed by atoms with van der Waals surface area (Å²) in [4.78, 5) is 30.4. The highest BCUT2D eigenvalue weighted by atomic mass is 16.6. The van der Waals surface area contributed by atoms with Crippen molar-refractivity contribution in [2.45, 2.75) is 51.5 Å². The van der Waals surface area contributed by atoms with Crippen LogP contribution in [0.1, 0.15) is 42.5 Å². The van der Waals surface area contributed by atoms with E-state index in [1.807, 2.05) is 19.1 Å². The van der Waals surface area contributed by atoms with Crippen molar-refractivity contribution in [3.05, 3.63) is 56.9 Å². The molecule has 0 saturated carbocycles. The van der Waals surface area contributed by atoms with Crippen LogP contribution in [0, 0.1) is 0 Å². The molecule has 0 saturated heterocycles. The van der Waals surface area contributed by atoms with E-state index in [0.717, 1.165) is 34.2 Å². The van der Waals surface area contributed by atoms with Gasteiger partial charge in [0.05, 0.1) is 29.0 Å². The molecule has 0 amide bonds. The molecule has 6 rings (SSSR count). The lowest BCUT2D eigenvalue weighted by molar-refractivity contribution is -0.172. The summed E-state index contributed by atoms with van der Waals surface area (Å²) in [7, 11) is 0. The van der Waals surface area contributed by atoms with E-state index < -0.39 is 11.6 Å². The zero-order valence-corrected chi connectivity index (χ0v) is 16.7. The number of benzene rings is 1. The SMILES string of the molecule is CC[C@@]1(O)C(=O)OCc2c1cc1n(c2=O)Cc2cc3c4c(ccc3nc2-1)OC(C)C4. The van der Waals surface area contributed by atoms with Crippen LogP contribution >= 0.6 is 0 Å². The molecule has 0 fully saturated rings. The number of aromatic nitrogens is 2. The summed E-state index contributed by atoms with van der Waals surface area (Å²) in [6.07, 6.45) is 1.09. The Bertz CT molecular complexity index is 1340. The largest absolute Gasteiger partial charge is 0.490 e. The number of aliphatic hydroxyl groups is 1. The van der Waals surface area contributed by atoms with E-state index in [9.17, 15) is 14.7 Å². The van der Waals surface area contributed by atoms with Crippen LogP contribution in [0.2, 0.25) is 0 Å². The molecule has 0 spiro atoms. The van der Waals surface area contributed by atoms with Crippen molar-refractivity contribution < 1.29 is 19.4 Å². The Balaban J connectivity index is 1.59. The summed E-state index contributed by atoms with van der Waals surface area (Å²) < 4.78 is 12.6. The van der Waals surface area contributed by atoms with Crippen LogP contribution in [0.25, 0.3) is 22.3 Å². The van der Waals surface area contributed by atoms with Gasteiger partial charge in [0, 0.05) is 28.5 Å². The Morgan fingerprint density at radius 3 is 2.90 bits per heavy atom. The first-order valence-electron chi connectivity index (χ1n) is 10.2. The van der Waals surface area contributed by atoms with E-state index in [1.54, 1.807) is 17.6 Å². The van der Waals surface area contributed by atoms with Crippen LogP contribution in [-0.4, -0.2) is 26.7 Å². The van der Waals surface area contributed by atoms with E-state index >= 15 is 0 Å². The number of ether oxygens (including phenoxy) is 2. The van der Waals surface area contributed by atoms with Gasteiger partial charge >= 0.3 is 5.97 Å². The van der Waals surface area contributed by atoms with E-state index in [0.29, 0.717) is 29.1 Å². The molecule has 2 atom stereocenters. The van der Waals surface area contributed by atoms with Gasteiger partial charge in [0.1, 0.15) is 18.5 Å². The second kappa shape index (κ2) is 5.70. The number of carbonyl (C=O) groups excluding carboxylic acids is 1. The maximum absolute atomic E-state index is 13.2. The zero-order chi connectivity index (χ0) is 20.8. The van der Waals surface area contributed by atoms with Crippen molar-refractivity contribution in [2.75, 3.05) is 0 Å². The third-order valence-electron chi connectivity index (χ3n) is 6.58. The Morgan fingerprint density at radius 2 is 2.10 bits per heavy atom. The molecule has 0 aliphatic carbocycles. The molecular weight excluding hydrogens is 384 g/mol. The monoisotopic (exact) mass is 404 g/mol. The summed E-state index contributed by atoms with van der Waals surface area (Å²) in [6, 6.07) is 7.72. The fraction of sp³-hybridized carbons (Fsp3) is 0.348. The van der Waals surface area contributed by atoms with Gasteiger partial charge in [-0.1, -0.05) is 6.92 Å². The molecule has 0 radical (unpaired) electrons. The van der Waals surface area contributed by atoms with Crippen LogP contribution in [0.3, 0.4) is 0 Å². The van der Waals surface area contributed by atoms with Crippen molar-refractivity contribution in [1.82, 2.24) is 9.55 Å². The molecule has 1 aromatic carbocycles. The molecule has 3 aromatic rings. The summed E-state index contributed by atoms with van der Waals surface area (Å²) in [6.45, 7) is 4.03. The molecule has 5 heterocycles. The van der Waals surface area contributed by atoms with E-state index in [4.69, 9.17) is 14.5 Å². The Kier molecular flexibility index (Phi) is 3.35. The summed E-state index contributed by atoms with van der Waals surface area (Å²) in [5, 5.41) is 12.0. The zero-order valence-electron chi connectivity index (χ0n) is 16.7. The maximum atomic E-state index is 13.2. The van der Waals surface area contributed by atoms with E-state index in [-0.39, 0.29) is 24.7 Å². The van der Waals surface area contributed by atoms with Crippen molar-refractivity contribution in [2.24, 2.45) is 0 Å². The summed E-state index contributed by atoms with van der Waals surface area (Å²) >= 11 is 0. The fourth-order valence-electron chi connectivity index (χ4n) is 4.96. The Hall–Kier alpha value is -3.19. The lowest BCUT2D eigenvalue weighted by Gasteiger charge is -2.31. The van der Waals surface area contributed by atoms with E-state index in [1.165, 1.54) is 0 Å². The Labute approximate surface area is 171 Å². The van der Waals surface area contributed by atoms with Gasteiger partial charge in [0.2, 0.25) is 0 Å². The van der Waals surface area contributed by atoms with Crippen LogP contribution in [0.5, 0.6) is 5.75 Å². The van der Waals surface area contributed by atoms with Gasteiger partial charge < -0.3 is 19.1 Å². The smallest absolute Gasteiger partial charge is 0.343 e. The van der Waals surface area contributed by atoms with Gasteiger partial charge in [-0.25, -0.2) is 9.78 Å². The molecule has 1 unspecified atom stereocenters.